The molecule has 246 valence electrons. The molecule has 2 unspecified atom stereocenters. The summed E-state index contributed by atoms with van der Waals surface area (Å²) in [6.07, 6.45) is 6.00. The summed E-state index contributed by atoms with van der Waals surface area (Å²) in [5.41, 5.74) is -0.553. The number of rotatable bonds is 15. The maximum absolute atomic E-state index is 15.0. The first-order valence-corrected chi connectivity index (χ1v) is 16.4. The number of likely N-dealkylation sites (tertiary alicyclic amines) is 1. The molecular formula is C37H47N3O6. The first-order chi connectivity index (χ1) is 22.2. The van der Waals surface area contributed by atoms with Crippen molar-refractivity contribution < 1.29 is 29.0 Å². The predicted octanol–water partition coefficient (Wildman–Crippen LogP) is 4.40. The van der Waals surface area contributed by atoms with Gasteiger partial charge in [-0.2, -0.15) is 0 Å². The normalized spacial score (nSPS) is 26.8. The van der Waals surface area contributed by atoms with Crippen LogP contribution in [0.1, 0.15) is 45.1 Å². The van der Waals surface area contributed by atoms with Crippen LogP contribution in [0.5, 0.6) is 5.75 Å². The second kappa shape index (κ2) is 13.8. The molecule has 9 nitrogen and oxygen atoms in total. The minimum absolute atomic E-state index is 0.140. The highest BCUT2D eigenvalue weighted by molar-refractivity contribution is 6.05. The molecule has 0 aliphatic carbocycles. The van der Waals surface area contributed by atoms with E-state index in [0.29, 0.717) is 50.2 Å². The Balaban J connectivity index is 1.65. The number of methoxy groups -OCH3 is 1. The number of benzene rings is 2. The zero-order valence-electron chi connectivity index (χ0n) is 27.3. The average Bonchev–Trinajstić information content (AvgIpc) is 3.69. The number of aliphatic hydroxyl groups excluding tert-OH is 1. The number of carbonyl (C=O) groups excluding carboxylic acids is 3. The average molecular weight is 630 g/mol. The van der Waals surface area contributed by atoms with Crippen molar-refractivity contribution in [3.63, 3.8) is 0 Å². The maximum Gasteiger partial charge on any atom is 0.253 e. The number of fused-ring (bicyclic) bond motifs is 1. The Hall–Kier alpha value is -3.95. The molecule has 3 aliphatic heterocycles. The highest BCUT2D eigenvalue weighted by atomic mass is 16.5. The quantitative estimate of drug-likeness (QED) is 0.294. The van der Waals surface area contributed by atoms with Gasteiger partial charge in [0, 0.05) is 25.3 Å². The van der Waals surface area contributed by atoms with Crippen LogP contribution in [-0.4, -0.2) is 89.3 Å². The maximum atomic E-state index is 15.0. The summed E-state index contributed by atoms with van der Waals surface area (Å²) in [6.45, 7) is 12.5. The lowest BCUT2D eigenvalue weighted by Gasteiger charge is -2.39. The molecule has 9 heteroatoms. The minimum Gasteiger partial charge on any atom is -0.497 e. The van der Waals surface area contributed by atoms with Crippen molar-refractivity contribution in [3.8, 4) is 5.75 Å². The van der Waals surface area contributed by atoms with Gasteiger partial charge in [0.15, 0.2) is 0 Å². The highest BCUT2D eigenvalue weighted by Crippen LogP contribution is 2.65. The van der Waals surface area contributed by atoms with Gasteiger partial charge in [0.25, 0.3) is 5.91 Å². The standard InChI is InChI=1S/C37H47N3O6/c1-6-21-38(22-7-2)33(42)30-31-34(43)40(28(25-41)24-26-13-11-10-12-14-26)32(37(31)20-19-36(30,9-4)46-37)35(44)39(23-8-3)27-15-17-29(45-5)18-16-27/h6,8,10-18,28,30-32,41H,1,3,7,9,19-25H2,2,4-5H3/t28-,30-,31+,32?,36+,37?/m1/s1. The molecule has 5 rings (SSSR count). The number of hydrogen-bond donors (Lipinski definition) is 1. The van der Waals surface area contributed by atoms with E-state index in [4.69, 9.17) is 9.47 Å². The first kappa shape index (κ1) is 33.4. The molecule has 3 heterocycles. The van der Waals surface area contributed by atoms with Crippen LogP contribution in [0, 0.1) is 11.8 Å². The van der Waals surface area contributed by atoms with Crippen molar-refractivity contribution in [2.45, 2.75) is 69.2 Å². The summed E-state index contributed by atoms with van der Waals surface area (Å²) in [4.78, 5) is 49.3. The number of ether oxygens (including phenoxy) is 2. The van der Waals surface area contributed by atoms with Crippen molar-refractivity contribution >= 4 is 23.4 Å². The Kier molecular flexibility index (Phi) is 10.0. The van der Waals surface area contributed by atoms with Crippen LogP contribution in [-0.2, 0) is 25.5 Å². The van der Waals surface area contributed by atoms with Crippen molar-refractivity contribution in [2.75, 3.05) is 38.3 Å². The molecule has 0 saturated carbocycles. The number of anilines is 1. The Labute approximate surface area is 272 Å². The molecule has 2 aromatic rings. The van der Waals surface area contributed by atoms with Crippen LogP contribution in [0.4, 0.5) is 5.69 Å². The van der Waals surface area contributed by atoms with Crippen molar-refractivity contribution in [1.82, 2.24) is 9.80 Å². The lowest BCUT2D eigenvalue weighted by atomic mass is 9.64. The third-order valence-electron chi connectivity index (χ3n) is 10.2. The van der Waals surface area contributed by atoms with E-state index in [2.05, 4.69) is 13.2 Å². The van der Waals surface area contributed by atoms with E-state index in [1.54, 1.807) is 58.2 Å². The van der Waals surface area contributed by atoms with Gasteiger partial charge in [0.2, 0.25) is 11.8 Å². The summed E-state index contributed by atoms with van der Waals surface area (Å²) in [6, 6.07) is 15.0. The van der Waals surface area contributed by atoms with Crippen LogP contribution in [0.25, 0.3) is 0 Å². The summed E-state index contributed by atoms with van der Waals surface area (Å²) in [5, 5.41) is 10.8. The summed E-state index contributed by atoms with van der Waals surface area (Å²) >= 11 is 0. The molecule has 1 spiro atoms. The van der Waals surface area contributed by atoms with Crippen LogP contribution >= 0.6 is 0 Å². The fourth-order valence-corrected chi connectivity index (χ4v) is 8.12. The molecule has 0 radical (unpaired) electrons. The van der Waals surface area contributed by atoms with E-state index >= 15 is 4.79 Å². The third kappa shape index (κ3) is 5.53. The molecular weight excluding hydrogens is 582 g/mol. The predicted molar refractivity (Wildman–Crippen MR) is 177 cm³/mol. The fraction of sp³-hybridized carbons (Fsp3) is 0.486. The second-order valence-electron chi connectivity index (χ2n) is 12.6. The number of carbonyl (C=O) groups is 3. The van der Waals surface area contributed by atoms with Gasteiger partial charge in [0.05, 0.1) is 37.2 Å². The summed E-state index contributed by atoms with van der Waals surface area (Å²) in [7, 11) is 1.58. The molecule has 2 bridgehead atoms. The number of nitrogens with zero attached hydrogens (tertiary/aromatic N) is 3. The summed E-state index contributed by atoms with van der Waals surface area (Å²) < 4.78 is 12.4. The first-order valence-electron chi connectivity index (χ1n) is 16.4. The molecule has 2 aromatic carbocycles. The highest BCUT2D eigenvalue weighted by Gasteiger charge is 2.79. The van der Waals surface area contributed by atoms with E-state index < -0.39 is 35.1 Å². The number of hydrogen-bond acceptors (Lipinski definition) is 6. The van der Waals surface area contributed by atoms with Crippen molar-refractivity contribution in [1.29, 1.82) is 0 Å². The van der Waals surface area contributed by atoms with Gasteiger partial charge in [-0.05, 0) is 61.9 Å². The molecule has 0 aromatic heterocycles. The van der Waals surface area contributed by atoms with Crippen LogP contribution in [0.15, 0.2) is 79.9 Å². The Bertz CT molecular complexity index is 1430. The van der Waals surface area contributed by atoms with Crippen LogP contribution in [0.2, 0.25) is 0 Å². The zero-order chi connectivity index (χ0) is 33.1. The van der Waals surface area contributed by atoms with Crippen LogP contribution in [0.3, 0.4) is 0 Å². The van der Waals surface area contributed by atoms with Gasteiger partial charge in [0.1, 0.15) is 17.4 Å². The molecule has 46 heavy (non-hydrogen) atoms. The second-order valence-corrected chi connectivity index (χ2v) is 12.6. The molecule has 3 aliphatic rings. The monoisotopic (exact) mass is 629 g/mol. The van der Waals surface area contributed by atoms with Gasteiger partial charge < -0.3 is 29.3 Å². The van der Waals surface area contributed by atoms with Gasteiger partial charge in [-0.3, -0.25) is 14.4 Å². The van der Waals surface area contributed by atoms with Gasteiger partial charge in [-0.15, -0.1) is 13.2 Å². The lowest BCUT2D eigenvalue weighted by Crippen LogP contribution is -2.59. The largest absolute Gasteiger partial charge is 0.497 e. The zero-order valence-corrected chi connectivity index (χ0v) is 27.3. The van der Waals surface area contributed by atoms with E-state index in [1.807, 2.05) is 44.2 Å². The Morgan fingerprint density at radius 1 is 1.07 bits per heavy atom. The molecule has 6 atom stereocenters. The minimum atomic E-state index is -1.23. The number of amides is 3. The van der Waals surface area contributed by atoms with E-state index in [-0.39, 0.29) is 30.9 Å². The molecule has 1 N–H and O–H groups in total. The Morgan fingerprint density at radius 2 is 1.76 bits per heavy atom. The topological polar surface area (TPSA) is 99.6 Å². The summed E-state index contributed by atoms with van der Waals surface area (Å²) in [5.74, 6) is -1.75. The smallest absolute Gasteiger partial charge is 0.253 e. The van der Waals surface area contributed by atoms with Gasteiger partial charge >= 0.3 is 0 Å². The molecule has 3 amide bonds. The molecule has 3 fully saturated rings. The van der Waals surface area contributed by atoms with Crippen molar-refractivity contribution in [2.24, 2.45) is 11.8 Å². The number of aliphatic hydroxyl groups is 1. The third-order valence-corrected chi connectivity index (χ3v) is 10.2. The SMILES string of the molecule is C=CCN(CCC)C(=O)[C@H]1[C@H]2C(=O)N([C@@H](CO)Cc3ccccc3)C(C(=O)N(CC=C)c3ccc(OC)cc3)C23CC[C@]1(CC)O3. The van der Waals surface area contributed by atoms with E-state index in [0.717, 1.165) is 12.0 Å². The fourth-order valence-electron chi connectivity index (χ4n) is 8.12. The van der Waals surface area contributed by atoms with E-state index in [9.17, 15) is 14.7 Å². The Morgan fingerprint density at radius 3 is 2.35 bits per heavy atom. The van der Waals surface area contributed by atoms with Gasteiger partial charge in [-0.1, -0.05) is 56.3 Å². The van der Waals surface area contributed by atoms with Crippen LogP contribution < -0.4 is 9.64 Å². The van der Waals surface area contributed by atoms with Gasteiger partial charge in [-0.25, -0.2) is 0 Å². The van der Waals surface area contributed by atoms with E-state index in [1.165, 1.54) is 0 Å². The lowest BCUT2D eigenvalue weighted by molar-refractivity contribution is -0.153. The molecule has 3 saturated heterocycles. The van der Waals surface area contributed by atoms with Crippen molar-refractivity contribution in [3.05, 3.63) is 85.5 Å².